The smallest absolute Gasteiger partial charge is 0.335 e. The topological polar surface area (TPSA) is 139 Å². The Morgan fingerprint density at radius 3 is 2.51 bits per heavy atom. The third-order valence-corrected chi connectivity index (χ3v) is 5.41. The summed E-state index contributed by atoms with van der Waals surface area (Å²) in [6.45, 7) is 3.52. The van der Waals surface area contributed by atoms with Gasteiger partial charge in [0.05, 0.1) is 17.8 Å². The van der Waals surface area contributed by atoms with Crippen LogP contribution in [0.2, 0.25) is 0 Å². The van der Waals surface area contributed by atoms with Gasteiger partial charge in [0.1, 0.15) is 17.2 Å². The summed E-state index contributed by atoms with van der Waals surface area (Å²) in [5.74, 6) is -2.43. The first-order valence-electron chi connectivity index (χ1n) is 10.6. The van der Waals surface area contributed by atoms with Gasteiger partial charge >= 0.3 is 5.97 Å². The molecular formula is C24H21FN6O4. The standard InChI is InChI=1S/C24H21FN6O4/c1-13-9-15(3-8-18(13)25)11-26-22(32)19-10-20(31-21(29-19)12-27-30-31)23(33)28-14(2)16-4-6-17(7-5-16)24(34)35/h3-10,12,14H,11H2,1-2H3,(H,26,32)(H,28,33)(H,34,35)/t14-/m1/s1. The number of aromatic nitrogens is 4. The van der Waals surface area contributed by atoms with Crippen molar-refractivity contribution in [1.29, 1.82) is 0 Å². The molecule has 0 saturated heterocycles. The fraction of sp³-hybridized carbons (Fsp3) is 0.167. The number of fused-ring (bicyclic) bond motifs is 1. The lowest BCUT2D eigenvalue weighted by Crippen LogP contribution is -2.30. The van der Waals surface area contributed by atoms with Gasteiger partial charge < -0.3 is 15.7 Å². The zero-order valence-corrected chi connectivity index (χ0v) is 18.8. The van der Waals surface area contributed by atoms with Crippen LogP contribution in [0.5, 0.6) is 0 Å². The first-order chi connectivity index (χ1) is 16.7. The molecular weight excluding hydrogens is 455 g/mol. The average molecular weight is 476 g/mol. The van der Waals surface area contributed by atoms with E-state index in [1.807, 2.05) is 0 Å². The van der Waals surface area contributed by atoms with Gasteiger partial charge in [-0.15, -0.1) is 5.10 Å². The average Bonchev–Trinajstić information content (AvgIpc) is 3.32. The summed E-state index contributed by atoms with van der Waals surface area (Å²) in [5.41, 5.74) is 2.25. The number of hydrogen-bond acceptors (Lipinski definition) is 6. The van der Waals surface area contributed by atoms with Gasteiger partial charge in [-0.1, -0.05) is 29.5 Å². The molecule has 2 aromatic carbocycles. The highest BCUT2D eigenvalue weighted by atomic mass is 19.1. The number of amides is 2. The first-order valence-corrected chi connectivity index (χ1v) is 10.6. The van der Waals surface area contributed by atoms with Crippen molar-refractivity contribution in [2.45, 2.75) is 26.4 Å². The Labute approximate surface area is 198 Å². The van der Waals surface area contributed by atoms with Crippen LogP contribution in [-0.2, 0) is 6.54 Å². The number of benzene rings is 2. The van der Waals surface area contributed by atoms with Crippen molar-refractivity contribution >= 4 is 23.4 Å². The summed E-state index contributed by atoms with van der Waals surface area (Å²) in [5, 5.41) is 22.2. The number of nitrogens with zero attached hydrogens (tertiary/aromatic N) is 4. The third-order valence-electron chi connectivity index (χ3n) is 5.41. The van der Waals surface area contributed by atoms with Crippen LogP contribution in [0.1, 0.15) is 61.0 Å². The van der Waals surface area contributed by atoms with Crippen molar-refractivity contribution in [3.8, 4) is 0 Å². The number of carboxylic acid groups (broad SMARTS) is 1. The summed E-state index contributed by atoms with van der Waals surface area (Å²) in [6.07, 6.45) is 1.32. The monoisotopic (exact) mass is 476 g/mol. The van der Waals surface area contributed by atoms with Crippen LogP contribution in [0.25, 0.3) is 5.65 Å². The van der Waals surface area contributed by atoms with E-state index >= 15 is 0 Å². The van der Waals surface area contributed by atoms with Gasteiger partial charge in [0, 0.05) is 12.6 Å². The molecule has 0 aliphatic carbocycles. The van der Waals surface area contributed by atoms with E-state index in [1.54, 1.807) is 38.1 Å². The molecule has 1 atom stereocenters. The van der Waals surface area contributed by atoms with Gasteiger partial charge in [0.2, 0.25) is 0 Å². The SMILES string of the molecule is Cc1cc(CNC(=O)c2cc(C(=O)N[C@H](C)c3ccc(C(=O)O)cc3)n3nncc3n2)ccc1F. The molecule has 0 spiro atoms. The second kappa shape index (κ2) is 9.67. The molecule has 178 valence electrons. The highest BCUT2D eigenvalue weighted by Gasteiger charge is 2.20. The molecule has 3 N–H and O–H groups in total. The van der Waals surface area contributed by atoms with Crippen molar-refractivity contribution in [3.63, 3.8) is 0 Å². The van der Waals surface area contributed by atoms with Gasteiger partial charge in [-0.05, 0) is 48.7 Å². The molecule has 0 aliphatic rings. The number of halogens is 1. The van der Waals surface area contributed by atoms with Gasteiger partial charge in [0.15, 0.2) is 5.65 Å². The Kier molecular flexibility index (Phi) is 6.49. The number of carbonyl (C=O) groups is 3. The number of aryl methyl sites for hydroxylation is 1. The third kappa shape index (κ3) is 5.13. The molecule has 10 nitrogen and oxygen atoms in total. The minimum atomic E-state index is -1.04. The molecule has 4 aromatic rings. The minimum Gasteiger partial charge on any atom is -0.478 e. The van der Waals surface area contributed by atoms with Gasteiger partial charge in [-0.25, -0.2) is 14.2 Å². The van der Waals surface area contributed by atoms with Crippen LogP contribution in [-0.4, -0.2) is 42.7 Å². The van der Waals surface area contributed by atoms with E-state index in [0.29, 0.717) is 16.7 Å². The van der Waals surface area contributed by atoms with E-state index in [0.717, 1.165) is 0 Å². The van der Waals surface area contributed by atoms with Gasteiger partial charge in [0.25, 0.3) is 11.8 Å². The molecule has 2 heterocycles. The maximum Gasteiger partial charge on any atom is 0.335 e. The lowest BCUT2D eigenvalue weighted by molar-refractivity contribution is 0.0696. The van der Waals surface area contributed by atoms with Crippen molar-refractivity contribution in [2.75, 3.05) is 0 Å². The summed E-state index contributed by atoms with van der Waals surface area (Å²) in [4.78, 5) is 41.1. The Morgan fingerprint density at radius 2 is 1.83 bits per heavy atom. The molecule has 11 heteroatoms. The van der Waals surface area contributed by atoms with E-state index < -0.39 is 23.8 Å². The molecule has 4 rings (SSSR count). The quantitative estimate of drug-likeness (QED) is 0.373. The maximum atomic E-state index is 13.5. The Bertz CT molecular complexity index is 1430. The Balaban J connectivity index is 1.53. The summed E-state index contributed by atoms with van der Waals surface area (Å²) < 4.78 is 14.7. The zero-order valence-electron chi connectivity index (χ0n) is 18.8. The summed E-state index contributed by atoms with van der Waals surface area (Å²) >= 11 is 0. The van der Waals surface area contributed by atoms with Crippen LogP contribution in [0, 0.1) is 12.7 Å². The highest BCUT2D eigenvalue weighted by Crippen LogP contribution is 2.16. The normalized spacial score (nSPS) is 11.7. The first kappa shape index (κ1) is 23.5. The van der Waals surface area contributed by atoms with E-state index in [4.69, 9.17) is 5.11 Å². The molecule has 2 aromatic heterocycles. The van der Waals surface area contributed by atoms with Crippen LogP contribution < -0.4 is 10.6 Å². The van der Waals surface area contributed by atoms with E-state index in [2.05, 4.69) is 25.9 Å². The molecule has 0 fully saturated rings. The summed E-state index contributed by atoms with van der Waals surface area (Å²) in [7, 11) is 0. The van der Waals surface area contributed by atoms with Crippen LogP contribution in [0.15, 0.2) is 54.7 Å². The Morgan fingerprint density at radius 1 is 1.09 bits per heavy atom. The molecule has 2 amide bonds. The van der Waals surface area contributed by atoms with Gasteiger partial charge in [-0.3, -0.25) is 9.59 Å². The number of rotatable bonds is 7. The highest BCUT2D eigenvalue weighted by molar-refractivity contribution is 5.98. The van der Waals surface area contributed by atoms with E-state index in [-0.39, 0.29) is 35.0 Å². The fourth-order valence-electron chi connectivity index (χ4n) is 3.46. The second-order valence-corrected chi connectivity index (χ2v) is 7.92. The van der Waals surface area contributed by atoms with E-state index in [9.17, 15) is 18.8 Å². The number of carboxylic acids is 1. The molecule has 0 bridgehead atoms. The fourth-order valence-corrected chi connectivity index (χ4v) is 3.46. The lowest BCUT2D eigenvalue weighted by atomic mass is 10.1. The van der Waals surface area contributed by atoms with Crippen molar-refractivity contribution in [3.05, 3.63) is 94.2 Å². The number of aromatic carboxylic acids is 1. The second-order valence-electron chi connectivity index (χ2n) is 7.92. The summed E-state index contributed by atoms with van der Waals surface area (Å²) in [6, 6.07) is 11.5. The maximum absolute atomic E-state index is 13.5. The van der Waals surface area contributed by atoms with Crippen molar-refractivity contribution in [1.82, 2.24) is 30.4 Å². The molecule has 0 radical (unpaired) electrons. The van der Waals surface area contributed by atoms with Gasteiger partial charge in [-0.2, -0.15) is 4.52 Å². The molecule has 0 unspecified atom stereocenters. The Hall–Kier alpha value is -4.67. The van der Waals surface area contributed by atoms with Crippen LogP contribution in [0.4, 0.5) is 4.39 Å². The lowest BCUT2D eigenvalue weighted by Gasteiger charge is -2.15. The molecule has 0 saturated carbocycles. The molecule has 35 heavy (non-hydrogen) atoms. The predicted octanol–water partition coefficient (Wildman–Crippen LogP) is 2.69. The predicted molar refractivity (Wildman–Crippen MR) is 122 cm³/mol. The van der Waals surface area contributed by atoms with Crippen molar-refractivity contribution < 1.29 is 23.9 Å². The zero-order chi connectivity index (χ0) is 25.1. The molecule has 0 aliphatic heterocycles. The largest absolute Gasteiger partial charge is 0.478 e. The van der Waals surface area contributed by atoms with Crippen LogP contribution in [0.3, 0.4) is 0 Å². The van der Waals surface area contributed by atoms with E-state index in [1.165, 1.54) is 35.0 Å². The van der Waals surface area contributed by atoms with Crippen LogP contribution >= 0.6 is 0 Å². The van der Waals surface area contributed by atoms with Crippen molar-refractivity contribution in [2.24, 2.45) is 0 Å². The number of hydrogen-bond donors (Lipinski definition) is 3. The number of nitrogens with one attached hydrogen (secondary N) is 2. The minimum absolute atomic E-state index is 0.0118. The number of carbonyl (C=O) groups excluding carboxylic acids is 2.